The molecular formula is C11H14N2O. The minimum Gasteiger partial charge on any atom is -0.294 e. The van der Waals surface area contributed by atoms with E-state index in [0.717, 1.165) is 17.0 Å². The summed E-state index contributed by atoms with van der Waals surface area (Å²) in [6.45, 7) is 3.74. The second-order valence-electron chi connectivity index (χ2n) is 3.30. The van der Waals surface area contributed by atoms with Crippen LogP contribution in [0.15, 0.2) is 0 Å². The summed E-state index contributed by atoms with van der Waals surface area (Å²) in [5.41, 5.74) is 2.42. The molecule has 0 bridgehead atoms. The number of terminal acetylenes is 1. The molecule has 0 spiro atoms. The summed E-state index contributed by atoms with van der Waals surface area (Å²) in [5, 5.41) is 4.18. The van der Waals surface area contributed by atoms with Crippen LogP contribution in [0.3, 0.4) is 0 Å². The normalized spacial score (nSPS) is 9.86. The number of aromatic nitrogens is 2. The summed E-state index contributed by atoms with van der Waals surface area (Å²) in [4.78, 5) is 11.7. The van der Waals surface area contributed by atoms with Crippen molar-refractivity contribution in [3.05, 3.63) is 17.0 Å². The highest BCUT2D eigenvalue weighted by atomic mass is 16.1. The summed E-state index contributed by atoms with van der Waals surface area (Å²) >= 11 is 0. The van der Waals surface area contributed by atoms with E-state index in [1.807, 2.05) is 20.9 Å². The van der Waals surface area contributed by atoms with Crippen molar-refractivity contribution in [2.45, 2.75) is 26.7 Å². The number of aryl methyl sites for hydroxylation is 2. The second kappa shape index (κ2) is 4.10. The molecule has 14 heavy (non-hydrogen) atoms. The Morgan fingerprint density at radius 1 is 1.57 bits per heavy atom. The number of Topliss-reactive ketones (excluding diaryl/α,β-unsaturated/α-hetero) is 1. The van der Waals surface area contributed by atoms with Gasteiger partial charge in [0.1, 0.15) is 0 Å². The number of carbonyl (C=O) groups excluding carboxylic acids is 1. The molecule has 1 heterocycles. The number of rotatable bonds is 3. The molecule has 0 saturated heterocycles. The first kappa shape index (κ1) is 10.5. The van der Waals surface area contributed by atoms with Crippen molar-refractivity contribution >= 4 is 5.78 Å². The van der Waals surface area contributed by atoms with Crippen molar-refractivity contribution in [1.29, 1.82) is 0 Å². The highest BCUT2D eigenvalue weighted by molar-refractivity contribution is 5.98. The van der Waals surface area contributed by atoms with E-state index in [1.165, 1.54) is 0 Å². The van der Waals surface area contributed by atoms with Gasteiger partial charge in [-0.25, -0.2) is 0 Å². The number of hydrogen-bond donors (Lipinski definition) is 0. The van der Waals surface area contributed by atoms with E-state index in [-0.39, 0.29) is 5.78 Å². The highest BCUT2D eigenvalue weighted by Gasteiger charge is 2.15. The molecule has 0 aliphatic rings. The van der Waals surface area contributed by atoms with Crippen LogP contribution in [0.1, 0.15) is 34.6 Å². The van der Waals surface area contributed by atoms with Crippen LogP contribution in [0.4, 0.5) is 0 Å². The molecule has 0 radical (unpaired) electrons. The first-order chi connectivity index (χ1) is 6.57. The van der Waals surface area contributed by atoms with Crippen LogP contribution < -0.4 is 0 Å². The maximum absolute atomic E-state index is 11.7. The van der Waals surface area contributed by atoms with Crippen molar-refractivity contribution in [3.8, 4) is 12.3 Å². The number of nitrogens with zero attached hydrogens (tertiary/aromatic N) is 2. The zero-order chi connectivity index (χ0) is 10.7. The molecule has 1 aromatic rings. The van der Waals surface area contributed by atoms with Crippen LogP contribution in [0, 0.1) is 26.2 Å². The Bertz CT molecular complexity index is 396. The first-order valence-electron chi connectivity index (χ1n) is 4.54. The molecular weight excluding hydrogens is 176 g/mol. The Labute approximate surface area is 84.1 Å². The minimum absolute atomic E-state index is 0.0889. The lowest BCUT2D eigenvalue weighted by molar-refractivity contribution is 0.0983. The first-order valence-corrected chi connectivity index (χ1v) is 4.54. The predicted octanol–water partition coefficient (Wildman–Crippen LogP) is 1.63. The van der Waals surface area contributed by atoms with E-state index in [4.69, 9.17) is 6.42 Å². The summed E-state index contributed by atoms with van der Waals surface area (Å²) in [5.74, 6) is 2.55. The van der Waals surface area contributed by atoms with Gasteiger partial charge in [0.2, 0.25) is 0 Å². The quantitative estimate of drug-likeness (QED) is 0.536. The van der Waals surface area contributed by atoms with Gasteiger partial charge in [0.15, 0.2) is 5.78 Å². The predicted molar refractivity (Wildman–Crippen MR) is 55.1 cm³/mol. The van der Waals surface area contributed by atoms with E-state index < -0.39 is 0 Å². The molecule has 74 valence electrons. The topological polar surface area (TPSA) is 34.9 Å². The molecule has 0 aliphatic heterocycles. The Balaban J connectivity index is 2.96. The average Bonchev–Trinajstić information content (AvgIpc) is 2.38. The molecule has 0 fully saturated rings. The lowest BCUT2D eigenvalue weighted by atomic mass is 10.1. The third kappa shape index (κ3) is 1.85. The van der Waals surface area contributed by atoms with Crippen LogP contribution in [0.2, 0.25) is 0 Å². The van der Waals surface area contributed by atoms with Crippen molar-refractivity contribution in [1.82, 2.24) is 9.78 Å². The zero-order valence-electron chi connectivity index (χ0n) is 8.79. The SMILES string of the molecule is C#CCCC(=O)c1c(C)nn(C)c1C. The van der Waals surface area contributed by atoms with Gasteiger partial charge in [0.25, 0.3) is 0 Å². The average molecular weight is 190 g/mol. The Morgan fingerprint density at radius 2 is 2.21 bits per heavy atom. The molecule has 0 aliphatic carbocycles. The van der Waals surface area contributed by atoms with Crippen LogP contribution in [0.25, 0.3) is 0 Å². The second-order valence-corrected chi connectivity index (χ2v) is 3.30. The van der Waals surface area contributed by atoms with Gasteiger partial charge in [0.05, 0.1) is 11.3 Å². The summed E-state index contributed by atoms with van der Waals surface area (Å²) < 4.78 is 1.72. The van der Waals surface area contributed by atoms with Crippen molar-refractivity contribution in [2.24, 2.45) is 7.05 Å². The van der Waals surface area contributed by atoms with Crippen molar-refractivity contribution in [3.63, 3.8) is 0 Å². The largest absolute Gasteiger partial charge is 0.294 e. The van der Waals surface area contributed by atoms with Gasteiger partial charge in [0, 0.05) is 25.6 Å². The van der Waals surface area contributed by atoms with Crippen LogP contribution in [0.5, 0.6) is 0 Å². The third-order valence-corrected chi connectivity index (χ3v) is 2.28. The molecule has 0 amide bonds. The monoisotopic (exact) mass is 190 g/mol. The smallest absolute Gasteiger partial charge is 0.167 e. The third-order valence-electron chi connectivity index (χ3n) is 2.28. The van der Waals surface area contributed by atoms with Gasteiger partial charge >= 0.3 is 0 Å². The van der Waals surface area contributed by atoms with Crippen LogP contribution in [-0.4, -0.2) is 15.6 Å². The fraction of sp³-hybridized carbons (Fsp3) is 0.455. The molecule has 0 aromatic carbocycles. The maximum atomic E-state index is 11.7. The number of carbonyl (C=O) groups is 1. The highest BCUT2D eigenvalue weighted by Crippen LogP contribution is 2.14. The lowest BCUT2D eigenvalue weighted by Gasteiger charge is -1.98. The molecule has 1 aromatic heterocycles. The minimum atomic E-state index is 0.0889. The van der Waals surface area contributed by atoms with E-state index in [1.54, 1.807) is 4.68 Å². The molecule has 1 rings (SSSR count). The number of hydrogen-bond acceptors (Lipinski definition) is 2. The Hall–Kier alpha value is -1.56. The Kier molecular flexibility index (Phi) is 3.08. The van der Waals surface area contributed by atoms with E-state index in [0.29, 0.717) is 12.8 Å². The van der Waals surface area contributed by atoms with Gasteiger partial charge in [-0.1, -0.05) is 0 Å². The molecule has 0 atom stereocenters. The maximum Gasteiger partial charge on any atom is 0.167 e. The molecule has 3 nitrogen and oxygen atoms in total. The van der Waals surface area contributed by atoms with Gasteiger partial charge in [-0.3, -0.25) is 9.48 Å². The lowest BCUT2D eigenvalue weighted by Crippen LogP contribution is -2.02. The Morgan fingerprint density at radius 3 is 2.64 bits per heavy atom. The fourth-order valence-corrected chi connectivity index (χ4v) is 1.49. The van der Waals surface area contributed by atoms with Gasteiger partial charge in [-0.2, -0.15) is 5.10 Å². The van der Waals surface area contributed by atoms with Crippen LogP contribution in [-0.2, 0) is 7.05 Å². The van der Waals surface area contributed by atoms with Crippen LogP contribution >= 0.6 is 0 Å². The molecule has 0 unspecified atom stereocenters. The van der Waals surface area contributed by atoms with Gasteiger partial charge in [-0.05, 0) is 13.8 Å². The molecule has 3 heteroatoms. The fourth-order valence-electron chi connectivity index (χ4n) is 1.49. The summed E-state index contributed by atoms with van der Waals surface area (Å²) in [7, 11) is 1.83. The van der Waals surface area contributed by atoms with E-state index in [2.05, 4.69) is 11.0 Å². The molecule has 0 N–H and O–H groups in total. The van der Waals surface area contributed by atoms with E-state index >= 15 is 0 Å². The molecule has 0 saturated carbocycles. The van der Waals surface area contributed by atoms with E-state index in [9.17, 15) is 4.79 Å². The van der Waals surface area contributed by atoms with Crippen molar-refractivity contribution in [2.75, 3.05) is 0 Å². The summed E-state index contributed by atoms with van der Waals surface area (Å²) in [6.07, 6.45) is 6.01. The number of ketones is 1. The zero-order valence-corrected chi connectivity index (χ0v) is 8.79. The summed E-state index contributed by atoms with van der Waals surface area (Å²) in [6, 6.07) is 0. The van der Waals surface area contributed by atoms with Crippen molar-refractivity contribution < 1.29 is 4.79 Å². The standard InChI is InChI=1S/C11H14N2O/c1-5-6-7-10(14)11-8(2)12-13(4)9(11)3/h1H,6-7H2,2-4H3. The van der Waals surface area contributed by atoms with Gasteiger partial charge < -0.3 is 0 Å². The van der Waals surface area contributed by atoms with Gasteiger partial charge in [-0.15, -0.1) is 12.3 Å².